The molecule has 0 bridgehead atoms. The number of hydrogen-bond acceptors (Lipinski definition) is 3. The van der Waals surface area contributed by atoms with Gasteiger partial charge in [0.15, 0.2) is 0 Å². The maximum atomic E-state index is 12.0. The first-order chi connectivity index (χ1) is 9.90. The largest absolute Gasteiger partial charge is 0.352 e. The van der Waals surface area contributed by atoms with Crippen LogP contribution in [0.1, 0.15) is 32.6 Å². The topological polar surface area (TPSA) is 64.7 Å². The molecular formula is C15H30N4O2. The molecule has 1 aliphatic carbocycles. The fraction of sp³-hybridized carbons (Fsp3) is 0.867. The molecule has 1 aliphatic rings. The lowest BCUT2D eigenvalue weighted by molar-refractivity contribution is -0.123. The lowest BCUT2D eigenvalue weighted by atomic mass is 9.86. The minimum atomic E-state index is -0.108. The lowest BCUT2D eigenvalue weighted by Crippen LogP contribution is -2.46. The molecule has 2 atom stereocenters. The van der Waals surface area contributed by atoms with Crippen molar-refractivity contribution in [3.8, 4) is 0 Å². The molecule has 0 aromatic rings. The van der Waals surface area contributed by atoms with Gasteiger partial charge < -0.3 is 15.5 Å². The zero-order valence-electron chi connectivity index (χ0n) is 13.8. The van der Waals surface area contributed by atoms with Crippen molar-refractivity contribution in [3.05, 3.63) is 0 Å². The van der Waals surface area contributed by atoms with Crippen molar-refractivity contribution in [2.24, 2.45) is 5.92 Å². The summed E-state index contributed by atoms with van der Waals surface area (Å²) in [6.07, 6.45) is 4.79. The van der Waals surface area contributed by atoms with Crippen LogP contribution in [-0.2, 0) is 4.79 Å². The average molecular weight is 298 g/mol. The molecule has 6 nitrogen and oxygen atoms in total. The summed E-state index contributed by atoms with van der Waals surface area (Å²) < 4.78 is 0. The van der Waals surface area contributed by atoms with E-state index in [1.165, 1.54) is 24.2 Å². The lowest BCUT2D eigenvalue weighted by Gasteiger charge is -2.30. The monoisotopic (exact) mass is 298 g/mol. The summed E-state index contributed by atoms with van der Waals surface area (Å²) >= 11 is 0. The highest BCUT2D eigenvalue weighted by molar-refractivity contribution is 5.78. The molecule has 0 radical (unpaired) electrons. The number of hydrogen-bond donors (Lipinski definition) is 2. The normalized spacial score (nSPS) is 22.0. The van der Waals surface area contributed by atoms with Crippen LogP contribution in [0.25, 0.3) is 0 Å². The highest BCUT2D eigenvalue weighted by Gasteiger charge is 2.22. The summed E-state index contributed by atoms with van der Waals surface area (Å²) in [6.45, 7) is 3.79. The summed E-state index contributed by atoms with van der Waals surface area (Å²) in [4.78, 5) is 26.8. The average Bonchev–Trinajstić information content (AvgIpc) is 2.41. The third-order valence-corrected chi connectivity index (χ3v) is 4.05. The van der Waals surface area contributed by atoms with E-state index in [1.54, 1.807) is 14.1 Å². The van der Waals surface area contributed by atoms with Gasteiger partial charge in [-0.2, -0.15) is 0 Å². The second-order valence-corrected chi connectivity index (χ2v) is 6.30. The second kappa shape index (κ2) is 8.87. The van der Waals surface area contributed by atoms with Gasteiger partial charge in [-0.15, -0.1) is 0 Å². The molecule has 1 rings (SSSR count). The molecule has 0 saturated heterocycles. The molecule has 0 aromatic heterocycles. The fourth-order valence-electron chi connectivity index (χ4n) is 2.62. The van der Waals surface area contributed by atoms with Crippen LogP contribution < -0.4 is 10.6 Å². The Morgan fingerprint density at radius 1 is 1.14 bits per heavy atom. The number of nitrogens with zero attached hydrogens (tertiary/aromatic N) is 2. The Kier molecular flexibility index (Phi) is 7.50. The quantitative estimate of drug-likeness (QED) is 0.765. The van der Waals surface area contributed by atoms with E-state index in [2.05, 4.69) is 17.6 Å². The zero-order valence-corrected chi connectivity index (χ0v) is 13.8. The van der Waals surface area contributed by atoms with Crippen molar-refractivity contribution in [2.75, 3.05) is 40.8 Å². The van der Waals surface area contributed by atoms with Gasteiger partial charge in [0.2, 0.25) is 5.91 Å². The van der Waals surface area contributed by atoms with E-state index in [0.717, 1.165) is 6.42 Å². The van der Waals surface area contributed by atoms with Gasteiger partial charge in [0, 0.05) is 33.2 Å². The van der Waals surface area contributed by atoms with Crippen molar-refractivity contribution in [1.29, 1.82) is 0 Å². The minimum absolute atomic E-state index is 0.0789. The zero-order chi connectivity index (χ0) is 15.8. The molecule has 3 amide bonds. The molecule has 1 fully saturated rings. The Labute approximate surface area is 128 Å². The number of nitrogens with one attached hydrogen (secondary N) is 2. The third-order valence-electron chi connectivity index (χ3n) is 4.05. The Morgan fingerprint density at radius 2 is 1.81 bits per heavy atom. The molecular weight excluding hydrogens is 268 g/mol. The van der Waals surface area contributed by atoms with E-state index in [0.29, 0.717) is 31.6 Å². The van der Waals surface area contributed by atoms with Crippen molar-refractivity contribution < 1.29 is 9.59 Å². The molecule has 1 saturated carbocycles. The van der Waals surface area contributed by atoms with Gasteiger partial charge in [-0.05, 0) is 25.8 Å². The highest BCUT2D eigenvalue weighted by Crippen LogP contribution is 2.23. The van der Waals surface area contributed by atoms with Gasteiger partial charge >= 0.3 is 6.03 Å². The van der Waals surface area contributed by atoms with Crippen molar-refractivity contribution in [1.82, 2.24) is 20.4 Å². The number of rotatable bonds is 6. The van der Waals surface area contributed by atoms with E-state index in [-0.39, 0.29) is 11.9 Å². The molecule has 2 unspecified atom stereocenters. The third kappa shape index (κ3) is 6.80. The second-order valence-electron chi connectivity index (χ2n) is 6.30. The van der Waals surface area contributed by atoms with E-state index < -0.39 is 0 Å². The van der Waals surface area contributed by atoms with E-state index >= 15 is 0 Å². The minimum Gasteiger partial charge on any atom is -0.352 e. The predicted octanol–water partition coefficient (Wildman–Crippen LogP) is 0.884. The highest BCUT2D eigenvalue weighted by atomic mass is 16.2. The summed E-state index contributed by atoms with van der Waals surface area (Å²) in [5, 5.41) is 5.93. The van der Waals surface area contributed by atoms with Crippen LogP contribution in [0.2, 0.25) is 0 Å². The van der Waals surface area contributed by atoms with Crippen LogP contribution >= 0.6 is 0 Å². The number of likely N-dealkylation sites (N-methyl/N-ethyl adjacent to an activating group) is 1. The summed E-state index contributed by atoms with van der Waals surface area (Å²) in [6, 6.07) is 0.219. The number of amides is 3. The van der Waals surface area contributed by atoms with Crippen molar-refractivity contribution in [2.45, 2.75) is 38.6 Å². The van der Waals surface area contributed by atoms with Gasteiger partial charge in [-0.1, -0.05) is 19.8 Å². The van der Waals surface area contributed by atoms with Crippen LogP contribution in [-0.4, -0.2) is 68.6 Å². The Bertz CT molecular complexity index is 347. The van der Waals surface area contributed by atoms with Crippen LogP contribution in [0.5, 0.6) is 0 Å². The van der Waals surface area contributed by atoms with Crippen LogP contribution in [0, 0.1) is 5.92 Å². The molecule has 21 heavy (non-hydrogen) atoms. The maximum absolute atomic E-state index is 12.0. The van der Waals surface area contributed by atoms with E-state index in [4.69, 9.17) is 0 Å². The summed E-state index contributed by atoms with van der Waals surface area (Å²) in [5.74, 6) is 0.655. The first kappa shape index (κ1) is 17.8. The molecule has 6 heteroatoms. The molecule has 0 aliphatic heterocycles. The van der Waals surface area contributed by atoms with Gasteiger partial charge in [0.05, 0.1) is 6.54 Å². The smallest absolute Gasteiger partial charge is 0.316 e. The van der Waals surface area contributed by atoms with Gasteiger partial charge in [0.1, 0.15) is 0 Å². The molecule has 2 N–H and O–H groups in total. The molecule has 0 aromatic carbocycles. The predicted molar refractivity (Wildman–Crippen MR) is 84.1 cm³/mol. The number of urea groups is 1. The SMILES string of the molecule is CC1CCCCC1NC(=O)CN(C)CCNC(=O)N(C)C. The van der Waals surface area contributed by atoms with Crippen molar-refractivity contribution in [3.63, 3.8) is 0 Å². The number of carbonyl (C=O) groups excluding carboxylic acids is 2. The standard InChI is InChI=1S/C15H30N4O2/c1-12-7-5-6-8-13(12)17-14(20)11-19(4)10-9-16-15(21)18(2)3/h12-13H,5-11H2,1-4H3,(H,16,21)(H,17,20). The molecule has 0 spiro atoms. The van der Waals surface area contributed by atoms with E-state index in [1.807, 2.05) is 11.9 Å². The molecule has 0 heterocycles. The van der Waals surface area contributed by atoms with Crippen LogP contribution in [0.15, 0.2) is 0 Å². The van der Waals surface area contributed by atoms with Crippen LogP contribution in [0.4, 0.5) is 4.79 Å². The summed E-state index contributed by atoms with van der Waals surface area (Å²) in [5.41, 5.74) is 0. The Hall–Kier alpha value is -1.30. The summed E-state index contributed by atoms with van der Waals surface area (Å²) in [7, 11) is 5.31. The first-order valence-electron chi connectivity index (χ1n) is 7.83. The fourth-order valence-corrected chi connectivity index (χ4v) is 2.62. The van der Waals surface area contributed by atoms with Gasteiger partial charge in [-0.3, -0.25) is 9.69 Å². The first-order valence-corrected chi connectivity index (χ1v) is 7.83. The van der Waals surface area contributed by atoms with Gasteiger partial charge in [0.25, 0.3) is 0 Å². The Morgan fingerprint density at radius 3 is 2.43 bits per heavy atom. The van der Waals surface area contributed by atoms with Crippen molar-refractivity contribution >= 4 is 11.9 Å². The maximum Gasteiger partial charge on any atom is 0.316 e. The number of carbonyl (C=O) groups is 2. The Balaban J connectivity index is 2.19. The van der Waals surface area contributed by atoms with E-state index in [9.17, 15) is 9.59 Å². The van der Waals surface area contributed by atoms with Crippen LogP contribution in [0.3, 0.4) is 0 Å². The molecule has 122 valence electrons. The van der Waals surface area contributed by atoms with Gasteiger partial charge in [-0.25, -0.2) is 4.79 Å².